The first-order valence-electron chi connectivity index (χ1n) is 10.6. The molecule has 4 aromatic rings. The normalized spacial score (nSPS) is 10.7. The zero-order chi connectivity index (χ0) is 24.6. The van der Waals surface area contributed by atoms with Gasteiger partial charge in [0.15, 0.2) is 0 Å². The second-order valence-electron chi connectivity index (χ2n) is 7.26. The predicted octanol–water partition coefficient (Wildman–Crippen LogP) is 8.43. The molecule has 0 amide bonds. The summed E-state index contributed by atoms with van der Waals surface area (Å²) in [7, 11) is 0. The summed E-state index contributed by atoms with van der Waals surface area (Å²) in [6.45, 7) is 0. The van der Waals surface area contributed by atoms with Crippen LogP contribution in [0.15, 0.2) is 126 Å². The third-order valence-corrected chi connectivity index (χ3v) is 8.51. The standard InChI is InChI=1S/C28H22O3S4/c1-32-20-10-14-22(15-11-20)34-24-7-5-6-19(18-24)27(29)31-28(30)25-8-3-4-9-26(25)35-23-16-12-21(33-2)13-17-23/h3-18H,1-2H3. The molecule has 0 unspecified atom stereocenters. The molecule has 176 valence electrons. The van der Waals surface area contributed by atoms with Crippen molar-refractivity contribution in [2.24, 2.45) is 0 Å². The van der Waals surface area contributed by atoms with E-state index in [9.17, 15) is 9.59 Å². The second-order valence-corrected chi connectivity index (χ2v) is 11.3. The highest BCUT2D eigenvalue weighted by Crippen LogP contribution is 2.33. The average Bonchev–Trinajstić information content (AvgIpc) is 2.90. The highest BCUT2D eigenvalue weighted by Gasteiger charge is 2.19. The molecule has 0 fully saturated rings. The van der Waals surface area contributed by atoms with Crippen molar-refractivity contribution in [3.8, 4) is 0 Å². The number of carbonyl (C=O) groups excluding carboxylic acids is 2. The van der Waals surface area contributed by atoms with Crippen LogP contribution in [0.5, 0.6) is 0 Å². The van der Waals surface area contributed by atoms with Crippen molar-refractivity contribution in [3.05, 3.63) is 108 Å². The van der Waals surface area contributed by atoms with Gasteiger partial charge in [-0.05, 0) is 91.4 Å². The number of rotatable bonds is 8. The first-order valence-corrected chi connectivity index (χ1v) is 14.7. The first kappa shape index (κ1) is 25.5. The van der Waals surface area contributed by atoms with Gasteiger partial charge in [-0.25, -0.2) is 9.59 Å². The third kappa shape index (κ3) is 6.98. The van der Waals surface area contributed by atoms with Crippen LogP contribution in [0.1, 0.15) is 20.7 Å². The van der Waals surface area contributed by atoms with Gasteiger partial charge < -0.3 is 4.74 Å². The quantitative estimate of drug-likeness (QED) is 0.128. The molecule has 0 spiro atoms. The highest BCUT2D eigenvalue weighted by molar-refractivity contribution is 8.00. The van der Waals surface area contributed by atoms with E-state index in [4.69, 9.17) is 4.74 Å². The number of hydrogen-bond donors (Lipinski definition) is 0. The Balaban J connectivity index is 1.45. The lowest BCUT2D eigenvalue weighted by Gasteiger charge is -2.09. The molecule has 35 heavy (non-hydrogen) atoms. The van der Waals surface area contributed by atoms with Crippen LogP contribution in [0.2, 0.25) is 0 Å². The smallest absolute Gasteiger partial charge is 0.347 e. The Morgan fingerprint density at radius 2 is 1.14 bits per heavy atom. The molecular weight excluding hydrogens is 513 g/mol. The number of benzene rings is 4. The molecule has 0 aromatic heterocycles. The maximum atomic E-state index is 12.9. The molecule has 0 N–H and O–H groups in total. The fourth-order valence-corrected chi connectivity index (χ4v) is 5.79. The molecule has 0 atom stereocenters. The first-order chi connectivity index (χ1) is 17.1. The summed E-state index contributed by atoms with van der Waals surface area (Å²) >= 11 is 6.39. The molecule has 0 aliphatic heterocycles. The van der Waals surface area contributed by atoms with Gasteiger partial charge in [-0.3, -0.25) is 0 Å². The highest BCUT2D eigenvalue weighted by atomic mass is 32.2. The summed E-state index contributed by atoms with van der Waals surface area (Å²) < 4.78 is 5.27. The van der Waals surface area contributed by atoms with Crippen LogP contribution in [0.4, 0.5) is 0 Å². The Morgan fingerprint density at radius 3 is 1.77 bits per heavy atom. The van der Waals surface area contributed by atoms with Crippen LogP contribution in [-0.4, -0.2) is 24.5 Å². The van der Waals surface area contributed by atoms with Crippen LogP contribution in [0, 0.1) is 0 Å². The van der Waals surface area contributed by atoms with E-state index in [2.05, 4.69) is 12.1 Å². The van der Waals surface area contributed by atoms with Gasteiger partial charge in [-0.15, -0.1) is 23.5 Å². The molecule has 0 heterocycles. The Labute approximate surface area is 222 Å². The lowest BCUT2D eigenvalue weighted by atomic mass is 10.2. The SMILES string of the molecule is CSc1ccc(Sc2cccc(C(=O)OC(=O)c3ccccc3Sc3ccc(SC)cc3)c2)cc1. The lowest BCUT2D eigenvalue weighted by molar-refractivity contribution is 0.0395. The summed E-state index contributed by atoms with van der Waals surface area (Å²) in [4.78, 5) is 31.8. The monoisotopic (exact) mass is 534 g/mol. The van der Waals surface area contributed by atoms with E-state index in [1.54, 1.807) is 65.6 Å². The average molecular weight is 535 g/mol. The number of ether oxygens (including phenoxy) is 1. The van der Waals surface area contributed by atoms with E-state index in [-0.39, 0.29) is 0 Å². The molecule has 4 aromatic carbocycles. The number of thioether (sulfide) groups is 2. The molecular formula is C28H22O3S4. The second kappa shape index (κ2) is 12.4. The molecule has 0 saturated carbocycles. The largest absolute Gasteiger partial charge is 0.386 e. The Bertz CT molecular complexity index is 1320. The number of hydrogen-bond acceptors (Lipinski definition) is 7. The molecule has 7 heteroatoms. The third-order valence-electron chi connectivity index (χ3n) is 4.94. The zero-order valence-corrected chi connectivity index (χ0v) is 22.4. The fraction of sp³-hybridized carbons (Fsp3) is 0.0714. The minimum Gasteiger partial charge on any atom is -0.386 e. The van der Waals surface area contributed by atoms with Crippen molar-refractivity contribution in [1.82, 2.24) is 0 Å². The van der Waals surface area contributed by atoms with Crippen LogP contribution in [0.3, 0.4) is 0 Å². The van der Waals surface area contributed by atoms with Gasteiger partial charge in [-0.1, -0.05) is 41.7 Å². The number of esters is 2. The van der Waals surface area contributed by atoms with Gasteiger partial charge in [0.1, 0.15) is 0 Å². The fourth-order valence-electron chi connectivity index (χ4n) is 3.16. The van der Waals surface area contributed by atoms with Crippen molar-refractivity contribution >= 4 is 59.0 Å². The minimum absolute atomic E-state index is 0.335. The van der Waals surface area contributed by atoms with Gasteiger partial charge in [0, 0.05) is 29.4 Å². The van der Waals surface area contributed by atoms with E-state index < -0.39 is 11.9 Å². The van der Waals surface area contributed by atoms with E-state index >= 15 is 0 Å². The summed E-state index contributed by atoms with van der Waals surface area (Å²) in [5.74, 6) is -1.33. The van der Waals surface area contributed by atoms with Crippen molar-refractivity contribution in [2.75, 3.05) is 12.5 Å². The summed E-state index contributed by atoms with van der Waals surface area (Å²) in [6, 6.07) is 30.6. The predicted molar refractivity (Wildman–Crippen MR) is 147 cm³/mol. The van der Waals surface area contributed by atoms with Crippen LogP contribution in [0.25, 0.3) is 0 Å². The van der Waals surface area contributed by atoms with E-state index in [1.807, 2.05) is 67.1 Å². The Hall–Kier alpha value is -2.58. The topological polar surface area (TPSA) is 43.4 Å². The van der Waals surface area contributed by atoms with Gasteiger partial charge >= 0.3 is 11.9 Å². The summed E-state index contributed by atoms with van der Waals surface area (Å²) in [6.07, 6.45) is 4.07. The van der Waals surface area contributed by atoms with E-state index in [0.717, 1.165) is 19.6 Å². The van der Waals surface area contributed by atoms with Gasteiger partial charge in [0.25, 0.3) is 0 Å². The van der Waals surface area contributed by atoms with Crippen molar-refractivity contribution in [2.45, 2.75) is 29.4 Å². The van der Waals surface area contributed by atoms with Crippen LogP contribution in [-0.2, 0) is 4.74 Å². The van der Waals surface area contributed by atoms with Crippen molar-refractivity contribution < 1.29 is 14.3 Å². The molecule has 4 rings (SSSR count). The van der Waals surface area contributed by atoms with Crippen LogP contribution < -0.4 is 0 Å². The Morgan fingerprint density at radius 1 is 0.571 bits per heavy atom. The van der Waals surface area contributed by atoms with Crippen molar-refractivity contribution in [1.29, 1.82) is 0 Å². The molecule has 0 radical (unpaired) electrons. The zero-order valence-electron chi connectivity index (χ0n) is 19.1. The molecule has 0 aliphatic carbocycles. The van der Waals surface area contributed by atoms with Crippen molar-refractivity contribution in [3.63, 3.8) is 0 Å². The maximum Gasteiger partial charge on any atom is 0.347 e. The minimum atomic E-state index is -0.667. The summed E-state index contributed by atoms with van der Waals surface area (Å²) in [5.41, 5.74) is 0.695. The molecule has 0 bridgehead atoms. The van der Waals surface area contributed by atoms with Crippen LogP contribution >= 0.6 is 47.0 Å². The molecule has 0 aliphatic rings. The Kier molecular flexibility index (Phi) is 9.04. The molecule has 0 saturated heterocycles. The van der Waals surface area contributed by atoms with E-state index in [0.29, 0.717) is 11.1 Å². The van der Waals surface area contributed by atoms with Gasteiger partial charge in [0.05, 0.1) is 11.1 Å². The van der Waals surface area contributed by atoms with E-state index in [1.165, 1.54) is 21.6 Å². The summed E-state index contributed by atoms with van der Waals surface area (Å²) in [5, 5.41) is 0. The maximum absolute atomic E-state index is 12.9. The van der Waals surface area contributed by atoms with Gasteiger partial charge in [-0.2, -0.15) is 0 Å². The van der Waals surface area contributed by atoms with Gasteiger partial charge in [0.2, 0.25) is 0 Å². The lowest BCUT2D eigenvalue weighted by Crippen LogP contribution is -2.13. The number of carbonyl (C=O) groups is 2. The molecule has 3 nitrogen and oxygen atoms in total.